The second-order valence-corrected chi connectivity index (χ2v) is 3.65. The minimum atomic E-state index is -0.590. The Morgan fingerprint density at radius 2 is 2.09 bits per heavy atom. The van der Waals surface area contributed by atoms with E-state index < -0.39 is 5.97 Å². The van der Waals surface area contributed by atoms with Gasteiger partial charge >= 0.3 is 5.97 Å². The Balaban J connectivity index is 2.29. The minimum Gasteiger partial charge on any atom is -0.481 e. The van der Waals surface area contributed by atoms with Crippen molar-refractivity contribution in [2.24, 2.45) is 5.41 Å². The summed E-state index contributed by atoms with van der Waals surface area (Å²) in [5.41, 5.74) is 1.11. The summed E-state index contributed by atoms with van der Waals surface area (Å²) in [5.74, 6) is -0.590. The molecule has 1 fully saturated rings. The fourth-order valence-corrected chi connectivity index (χ4v) is 2.10. The monoisotopic (exact) mass is 152 g/mol. The molecule has 2 nitrogen and oxygen atoms in total. The summed E-state index contributed by atoms with van der Waals surface area (Å²) < 4.78 is 0. The van der Waals surface area contributed by atoms with Crippen molar-refractivity contribution in [1.29, 1.82) is 0 Å². The van der Waals surface area contributed by atoms with Crippen LogP contribution in [0.4, 0.5) is 0 Å². The summed E-state index contributed by atoms with van der Waals surface area (Å²) in [6.45, 7) is 0. The lowest BCUT2D eigenvalue weighted by atomic mass is 9.66. The quantitative estimate of drug-likeness (QED) is 0.583. The van der Waals surface area contributed by atoms with Crippen LogP contribution >= 0.6 is 0 Å². The molecule has 3 aliphatic rings. The van der Waals surface area contributed by atoms with Gasteiger partial charge in [0.25, 0.3) is 0 Å². The van der Waals surface area contributed by atoms with Crippen LogP contribution < -0.4 is 0 Å². The molecule has 0 aromatic rings. The highest BCUT2D eigenvalue weighted by Crippen LogP contribution is 2.46. The van der Waals surface area contributed by atoms with Crippen molar-refractivity contribution in [2.45, 2.75) is 32.1 Å². The van der Waals surface area contributed by atoms with E-state index in [-0.39, 0.29) is 5.41 Å². The first-order valence-electron chi connectivity index (χ1n) is 4.14. The third-order valence-electron chi connectivity index (χ3n) is 3.08. The molecule has 1 N–H and O–H groups in total. The molecule has 11 heavy (non-hydrogen) atoms. The molecule has 0 heterocycles. The van der Waals surface area contributed by atoms with Crippen molar-refractivity contribution >= 4 is 5.97 Å². The van der Waals surface area contributed by atoms with E-state index in [1.165, 1.54) is 5.57 Å². The van der Waals surface area contributed by atoms with E-state index in [2.05, 4.69) is 6.08 Å². The molecule has 0 radical (unpaired) electrons. The van der Waals surface area contributed by atoms with E-state index in [4.69, 9.17) is 5.11 Å². The van der Waals surface area contributed by atoms with Gasteiger partial charge in [-0.1, -0.05) is 11.6 Å². The first-order chi connectivity index (χ1) is 5.23. The Kier molecular flexibility index (Phi) is 1.31. The van der Waals surface area contributed by atoms with E-state index in [0.29, 0.717) is 0 Å². The maximum absolute atomic E-state index is 10.9. The van der Waals surface area contributed by atoms with Crippen LogP contribution in [0.5, 0.6) is 0 Å². The molecule has 0 amide bonds. The summed E-state index contributed by atoms with van der Waals surface area (Å²) in [4.78, 5) is 10.9. The van der Waals surface area contributed by atoms with Crippen molar-refractivity contribution in [2.75, 3.05) is 0 Å². The fourth-order valence-electron chi connectivity index (χ4n) is 2.10. The first-order valence-corrected chi connectivity index (χ1v) is 4.14. The number of hydrogen-bond acceptors (Lipinski definition) is 1. The summed E-state index contributed by atoms with van der Waals surface area (Å²) in [6, 6.07) is 0. The smallest absolute Gasteiger partial charge is 0.309 e. The van der Waals surface area contributed by atoms with E-state index in [9.17, 15) is 4.79 Å². The standard InChI is InChI=1S/C9H12O2/c10-8(11)9-4-1-7(2-5-9)3-6-9/h1H,2-6H2,(H,10,11). The van der Waals surface area contributed by atoms with Crippen molar-refractivity contribution < 1.29 is 9.90 Å². The Morgan fingerprint density at radius 1 is 1.45 bits per heavy atom. The Bertz CT molecular complexity index is 218. The van der Waals surface area contributed by atoms with Gasteiger partial charge in [0.1, 0.15) is 0 Å². The lowest BCUT2D eigenvalue weighted by molar-refractivity contribution is -0.150. The van der Waals surface area contributed by atoms with Gasteiger partial charge in [-0.25, -0.2) is 0 Å². The molecular formula is C9H12O2. The molecule has 2 bridgehead atoms. The topological polar surface area (TPSA) is 37.3 Å². The zero-order chi connectivity index (χ0) is 7.90. The number of hydrogen-bond donors (Lipinski definition) is 1. The molecule has 2 heteroatoms. The largest absolute Gasteiger partial charge is 0.481 e. The third-order valence-corrected chi connectivity index (χ3v) is 3.08. The van der Waals surface area contributed by atoms with E-state index in [1.807, 2.05) is 0 Å². The van der Waals surface area contributed by atoms with Gasteiger partial charge in [-0.2, -0.15) is 0 Å². The molecular weight excluding hydrogens is 140 g/mol. The van der Waals surface area contributed by atoms with Crippen LogP contribution in [0, 0.1) is 5.41 Å². The molecule has 0 unspecified atom stereocenters. The average Bonchev–Trinajstić information content (AvgIpc) is 2.08. The zero-order valence-corrected chi connectivity index (χ0v) is 6.47. The summed E-state index contributed by atoms with van der Waals surface area (Å²) in [6.07, 6.45) is 6.68. The van der Waals surface area contributed by atoms with Crippen LogP contribution in [0.3, 0.4) is 0 Å². The van der Waals surface area contributed by atoms with E-state index in [1.54, 1.807) is 0 Å². The van der Waals surface area contributed by atoms with Crippen LogP contribution in [0.1, 0.15) is 32.1 Å². The Labute approximate surface area is 65.9 Å². The van der Waals surface area contributed by atoms with Gasteiger partial charge in [-0.05, 0) is 32.1 Å². The lowest BCUT2D eigenvalue weighted by Gasteiger charge is -2.38. The number of carboxylic acids is 1. The molecule has 3 rings (SSSR count). The third kappa shape index (κ3) is 0.889. The number of carboxylic acid groups (broad SMARTS) is 1. The number of allylic oxidation sites excluding steroid dienone is 2. The Morgan fingerprint density at radius 3 is 2.36 bits per heavy atom. The van der Waals surface area contributed by atoms with Gasteiger partial charge in [0.15, 0.2) is 0 Å². The van der Waals surface area contributed by atoms with E-state index >= 15 is 0 Å². The summed E-state index contributed by atoms with van der Waals surface area (Å²) in [7, 11) is 0. The first kappa shape index (κ1) is 6.89. The van der Waals surface area contributed by atoms with Crippen molar-refractivity contribution in [3.05, 3.63) is 11.6 Å². The molecule has 0 aromatic heterocycles. The molecule has 3 aliphatic carbocycles. The summed E-state index contributed by atoms with van der Waals surface area (Å²) in [5, 5.41) is 8.98. The molecule has 0 aliphatic heterocycles. The van der Waals surface area contributed by atoms with Gasteiger partial charge in [0.2, 0.25) is 0 Å². The Hall–Kier alpha value is -0.790. The molecule has 0 aromatic carbocycles. The number of fused-ring (bicyclic) bond motifs is 3. The van der Waals surface area contributed by atoms with Crippen LogP contribution in [-0.2, 0) is 4.79 Å². The zero-order valence-electron chi connectivity index (χ0n) is 6.47. The van der Waals surface area contributed by atoms with Crippen molar-refractivity contribution in [1.82, 2.24) is 0 Å². The lowest BCUT2D eigenvalue weighted by Crippen LogP contribution is -2.36. The number of aliphatic carboxylic acids is 1. The normalized spacial score (nSPS) is 26.4. The molecule has 60 valence electrons. The predicted octanol–water partition coefficient (Wildman–Crippen LogP) is 1.96. The second kappa shape index (κ2) is 2.10. The number of rotatable bonds is 1. The predicted molar refractivity (Wildman–Crippen MR) is 41.2 cm³/mol. The van der Waals surface area contributed by atoms with Gasteiger partial charge < -0.3 is 5.11 Å². The molecule has 1 saturated carbocycles. The highest BCUT2D eigenvalue weighted by Gasteiger charge is 2.42. The maximum atomic E-state index is 10.9. The van der Waals surface area contributed by atoms with Gasteiger partial charge in [0, 0.05) is 0 Å². The average molecular weight is 152 g/mol. The van der Waals surface area contributed by atoms with E-state index in [0.717, 1.165) is 32.1 Å². The van der Waals surface area contributed by atoms with Crippen LogP contribution in [0.25, 0.3) is 0 Å². The molecule has 0 atom stereocenters. The van der Waals surface area contributed by atoms with Gasteiger partial charge in [0.05, 0.1) is 5.41 Å². The van der Waals surface area contributed by atoms with Crippen molar-refractivity contribution in [3.63, 3.8) is 0 Å². The minimum absolute atomic E-state index is 0.373. The van der Waals surface area contributed by atoms with Gasteiger partial charge in [-0.15, -0.1) is 0 Å². The maximum Gasteiger partial charge on any atom is 0.309 e. The van der Waals surface area contributed by atoms with Crippen molar-refractivity contribution in [3.8, 4) is 0 Å². The highest BCUT2D eigenvalue weighted by molar-refractivity contribution is 5.75. The SMILES string of the molecule is O=C(O)C12CC=C(CC1)CC2. The van der Waals surface area contributed by atoms with Crippen LogP contribution in [0.2, 0.25) is 0 Å². The fraction of sp³-hybridized carbons (Fsp3) is 0.667. The summed E-state index contributed by atoms with van der Waals surface area (Å²) >= 11 is 0. The second-order valence-electron chi connectivity index (χ2n) is 3.65. The van der Waals surface area contributed by atoms with Crippen LogP contribution in [0.15, 0.2) is 11.6 Å². The number of carbonyl (C=O) groups is 1. The molecule has 0 saturated heterocycles. The molecule has 0 spiro atoms. The van der Waals surface area contributed by atoms with Crippen LogP contribution in [-0.4, -0.2) is 11.1 Å². The van der Waals surface area contributed by atoms with Gasteiger partial charge in [-0.3, -0.25) is 4.79 Å². The highest BCUT2D eigenvalue weighted by atomic mass is 16.4.